The first-order chi connectivity index (χ1) is 12.0. The molecule has 1 aromatic rings. The molecule has 0 unspecified atom stereocenters. The molecule has 0 aromatic heterocycles. The van der Waals surface area contributed by atoms with E-state index < -0.39 is 0 Å². The summed E-state index contributed by atoms with van der Waals surface area (Å²) in [6.07, 6.45) is 1.89. The van der Waals surface area contributed by atoms with Crippen LogP contribution in [-0.4, -0.2) is 60.2 Å². The van der Waals surface area contributed by atoms with Crippen molar-refractivity contribution < 1.29 is 14.4 Å². The summed E-state index contributed by atoms with van der Waals surface area (Å²) >= 11 is 6.13. The average molecular weight is 364 g/mol. The van der Waals surface area contributed by atoms with Gasteiger partial charge in [-0.15, -0.1) is 0 Å². The summed E-state index contributed by atoms with van der Waals surface area (Å²) in [6.45, 7) is 6.94. The van der Waals surface area contributed by atoms with Crippen molar-refractivity contribution in [3.05, 3.63) is 47.0 Å². The minimum absolute atomic E-state index is 0.0201. The molecule has 1 aliphatic heterocycles. The summed E-state index contributed by atoms with van der Waals surface area (Å²) < 4.78 is 0. The molecule has 3 amide bonds. The van der Waals surface area contributed by atoms with Crippen LogP contribution in [0.25, 0.3) is 0 Å². The molecule has 6 nitrogen and oxygen atoms in total. The average Bonchev–Trinajstić information content (AvgIpc) is 2.61. The van der Waals surface area contributed by atoms with Crippen molar-refractivity contribution in [2.24, 2.45) is 0 Å². The number of likely N-dealkylation sites (N-methyl/N-ethyl adjacent to an activating group) is 1. The fraction of sp³-hybridized carbons (Fsp3) is 0.389. The van der Waals surface area contributed by atoms with Gasteiger partial charge in [-0.1, -0.05) is 24.2 Å². The molecule has 0 bridgehead atoms. The highest BCUT2D eigenvalue weighted by atomic mass is 35.5. The normalized spacial score (nSPS) is 13.2. The molecule has 0 spiro atoms. The smallest absolute Gasteiger partial charge is 0.254 e. The fourth-order valence-electron chi connectivity index (χ4n) is 2.78. The van der Waals surface area contributed by atoms with Crippen molar-refractivity contribution in [1.82, 2.24) is 15.1 Å². The zero-order chi connectivity index (χ0) is 18.4. The van der Waals surface area contributed by atoms with E-state index in [9.17, 15) is 14.4 Å². The second-order valence-corrected chi connectivity index (χ2v) is 6.12. The Morgan fingerprint density at radius 1 is 1.44 bits per heavy atom. The third-order valence-corrected chi connectivity index (χ3v) is 4.53. The summed E-state index contributed by atoms with van der Waals surface area (Å²) in [4.78, 5) is 39.1. The van der Waals surface area contributed by atoms with E-state index in [-0.39, 0.29) is 24.3 Å². The largest absolute Gasteiger partial charge is 0.353 e. The molecule has 0 saturated carbocycles. The first kappa shape index (κ1) is 19.0. The number of fused-ring (bicyclic) bond motifs is 1. The Morgan fingerprint density at radius 2 is 2.20 bits per heavy atom. The van der Waals surface area contributed by atoms with Crippen molar-refractivity contribution in [3.63, 3.8) is 0 Å². The molecule has 134 valence electrons. The molecular formula is C18H22ClN3O3. The van der Waals surface area contributed by atoms with Crippen LogP contribution in [0.2, 0.25) is 5.02 Å². The van der Waals surface area contributed by atoms with Gasteiger partial charge < -0.3 is 15.1 Å². The highest BCUT2D eigenvalue weighted by molar-refractivity contribution is 6.32. The topological polar surface area (TPSA) is 69.7 Å². The molecule has 0 fully saturated rings. The number of carbonyl (C=O) groups is 3. The van der Waals surface area contributed by atoms with E-state index in [1.54, 1.807) is 30.0 Å². The molecule has 0 aliphatic carbocycles. The molecule has 2 rings (SSSR count). The fourth-order valence-corrected chi connectivity index (χ4v) is 3.05. The zero-order valence-electron chi connectivity index (χ0n) is 14.3. The lowest BCUT2D eigenvalue weighted by atomic mass is 9.99. The second-order valence-electron chi connectivity index (χ2n) is 5.71. The Morgan fingerprint density at radius 3 is 2.88 bits per heavy atom. The maximum Gasteiger partial charge on any atom is 0.254 e. The Balaban J connectivity index is 1.84. The molecule has 1 aliphatic rings. The zero-order valence-corrected chi connectivity index (χ0v) is 15.0. The van der Waals surface area contributed by atoms with Crippen LogP contribution in [0.3, 0.4) is 0 Å². The van der Waals surface area contributed by atoms with Crippen LogP contribution in [0.5, 0.6) is 0 Å². The van der Waals surface area contributed by atoms with Crippen LogP contribution in [0, 0.1) is 0 Å². The lowest BCUT2D eigenvalue weighted by Gasteiger charge is -2.29. The summed E-state index contributed by atoms with van der Waals surface area (Å²) in [5.41, 5.74) is 1.51. The monoisotopic (exact) mass is 363 g/mol. The van der Waals surface area contributed by atoms with Crippen LogP contribution in [0.15, 0.2) is 30.9 Å². The lowest BCUT2D eigenvalue weighted by Crippen LogP contribution is -2.45. The predicted octanol–water partition coefficient (Wildman–Crippen LogP) is 1.49. The number of amides is 3. The maximum absolute atomic E-state index is 12.5. The number of hydrogen-bond donors (Lipinski definition) is 1. The van der Waals surface area contributed by atoms with Crippen molar-refractivity contribution >= 4 is 29.3 Å². The highest BCUT2D eigenvalue weighted by Gasteiger charge is 2.25. The second kappa shape index (κ2) is 8.67. The van der Waals surface area contributed by atoms with Crippen molar-refractivity contribution in [3.8, 4) is 0 Å². The number of benzene rings is 1. The van der Waals surface area contributed by atoms with Crippen LogP contribution < -0.4 is 5.32 Å². The molecule has 1 N–H and O–H groups in total. The van der Waals surface area contributed by atoms with Gasteiger partial charge in [0, 0.05) is 36.8 Å². The van der Waals surface area contributed by atoms with Crippen LogP contribution >= 0.6 is 11.6 Å². The number of carbonyl (C=O) groups excluding carboxylic acids is 3. The van der Waals surface area contributed by atoms with Gasteiger partial charge in [0.25, 0.3) is 5.91 Å². The summed E-state index contributed by atoms with van der Waals surface area (Å²) in [5, 5.41) is 3.36. The predicted molar refractivity (Wildman–Crippen MR) is 96.5 cm³/mol. The van der Waals surface area contributed by atoms with Gasteiger partial charge in [-0.05, 0) is 37.1 Å². The Bertz CT molecular complexity index is 690. The van der Waals surface area contributed by atoms with E-state index >= 15 is 0 Å². The Hall–Kier alpha value is -2.34. The summed E-state index contributed by atoms with van der Waals surface area (Å²) in [5.74, 6) is -0.614. The number of halogens is 1. The molecule has 0 atom stereocenters. The van der Waals surface area contributed by atoms with Gasteiger partial charge >= 0.3 is 0 Å². The third-order valence-electron chi connectivity index (χ3n) is 4.17. The number of nitrogens with one attached hydrogen (secondary N) is 1. The Labute approximate surface area is 152 Å². The SMILES string of the molecule is C=CC(=O)N(CC)CC(=O)NCCN1CCc2c(Cl)cccc2C1=O. The van der Waals surface area contributed by atoms with Crippen LogP contribution in [0.4, 0.5) is 0 Å². The van der Waals surface area contributed by atoms with E-state index in [1.165, 1.54) is 11.0 Å². The van der Waals surface area contributed by atoms with Gasteiger partial charge in [0.2, 0.25) is 11.8 Å². The van der Waals surface area contributed by atoms with E-state index in [0.29, 0.717) is 43.2 Å². The van der Waals surface area contributed by atoms with E-state index in [4.69, 9.17) is 11.6 Å². The van der Waals surface area contributed by atoms with E-state index in [1.807, 2.05) is 0 Å². The van der Waals surface area contributed by atoms with Gasteiger partial charge in [0.05, 0.1) is 6.54 Å². The summed E-state index contributed by atoms with van der Waals surface area (Å²) in [6, 6.07) is 5.32. The van der Waals surface area contributed by atoms with Gasteiger partial charge in [-0.3, -0.25) is 14.4 Å². The van der Waals surface area contributed by atoms with Gasteiger partial charge in [-0.25, -0.2) is 0 Å². The van der Waals surface area contributed by atoms with Gasteiger partial charge in [0.15, 0.2) is 0 Å². The van der Waals surface area contributed by atoms with Crippen molar-refractivity contribution in [2.45, 2.75) is 13.3 Å². The molecule has 0 saturated heterocycles. The van der Waals surface area contributed by atoms with Gasteiger partial charge in [-0.2, -0.15) is 0 Å². The van der Waals surface area contributed by atoms with Gasteiger partial charge in [0.1, 0.15) is 0 Å². The van der Waals surface area contributed by atoms with E-state index in [0.717, 1.165) is 5.56 Å². The first-order valence-electron chi connectivity index (χ1n) is 8.22. The quantitative estimate of drug-likeness (QED) is 0.746. The minimum Gasteiger partial charge on any atom is -0.353 e. The van der Waals surface area contributed by atoms with Crippen molar-refractivity contribution in [2.75, 3.05) is 32.7 Å². The molecule has 1 heterocycles. The number of hydrogen-bond acceptors (Lipinski definition) is 3. The number of nitrogens with zero attached hydrogens (tertiary/aromatic N) is 2. The highest BCUT2D eigenvalue weighted by Crippen LogP contribution is 2.25. The molecular weight excluding hydrogens is 342 g/mol. The third kappa shape index (κ3) is 4.60. The molecule has 7 heteroatoms. The van der Waals surface area contributed by atoms with Crippen molar-refractivity contribution in [1.29, 1.82) is 0 Å². The lowest BCUT2D eigenvalue weighted by molar-refractivity contribution is -0.132. The number of rotatable bonds is 7. The van der Waals surface area contributed by atoms with Crippen LogP contribution in [-0.2, 0) is 16.0 Å². The molecule has 1 aromatic carbocycles. The first-order valence-corrected chi connectivity index (χ1v) is 8.60. The Kier molecular flexibility index (Phi) is 6.58. The maximum atomic E-state index is 12.5. The molecule has 25 heavy (non-hydrogen) atoms. The standard InChI is InChI=1S/C18H22ClN3O3/c1-3-17(24)21(4-2)12-16(23)20-9-11-22-10-8-13-14(18(22)25)6-5-7-15(13)19/h3,5-7H,1,4,8-12H2,2H3,(H,20,23). The summed E-state index contributed by atoms with van der Waals surface area (Å²) in [7, 11) is 0. The van der Waals surface area contributed by atoms with Crippen LogP contribution in [0.1, 0.15) is 22.8 Å². The molecule has 0 radical (unpaired) electrons. The minimum atomic E-state index is -0.280. The van der Waals surface area contributed by atoms with E-state index in [2.05, 4.69) is 11.9 Å².